The lowest BCUT2D eigenvalue weighted by Gasteiger charge is -2.33. The van der Waals surface area contributed by atoms with Crippen LogP contribution in [0, 0.1) is 0 Å². The van der Waals surface area contributed by atoms with Crippen LogP contribution in [0.15, 0.2) is 46.9 Å². The van der Waals surface area contributed by atoms with Crippen LogP contribution in [0.2, 0.25) is 0 Å². The summed E-state index contributed by atoms with van der Waals surface area (Å²) in [7, 11) is 0. The first kappa shape index (κ1) is 27.3. The van der Waals surface area contributed by atoms with Crippen molar-refractivity contribution in [3.63, 3.8) is 0 Å². The topological polar surface area (TPSA) is 35.5 Å². The SMILES string of the molecule is CCCCCCCOc1cc2c(cc1/C(C)=C/C=C/C(C)=C/C(=O)OCC)C(C)(C)CCS2. The Labute approximate surface area is 205 Å². The van der Waals surface area contributed by atoms with Crippen molar-refractivity contribution in [2.45, 2.75) is 90.4 Å². The van der Waals surface area contributed by atoms with E-state index in [4.69, 9.17) is 9.47 Å². The first-order valence-corrected chi connectivity index (χ1v) is 13.4. The van der Waals surface area contributed by atoms with E-state index in [1.165, 1.54) is 48.6 Å². The number of esters is 1. The number of thioether (sulfide) groups is 1. The third-order valence-corrected chi connectivity index (χ3v) is 7.12. The summed E-state index contributed by atoms with van der Waals surface area (Å²) in [6, 6.07) is 4.60. The largest absolute Gasteiger partial charge is 0.493 e. The molecule has 0 amide bonds. The van der Waals surface area contributed by atoms with Gasteiger partial charge in [0.2, 0.25) is 0 Å². The van der Waals surface area contributed by atoms with E-state index >= 15 is 0 Å². The molecule has 33 heavy (non-hydrogen) atoms. The van der Waals surface area contributed by atoms with Crippen LogP contribution < -0.4 is 4.74 Å². The van der Waals surface area contributed by atoms with Crippen LogP contribution in [0.3, 0.4) is 0 Å². The van der Waals surface area contributed by atoms with E-state index < -0.39 is 0 Å². The maximum absolute atomic E-state index is 11.6. The van der Waals surface area contributed by atoms with E-state index in [2.05, 4.69) is 45.9 Å². The molecule has 0 aromatic heterocycles. The minimum Gasteiger partial charge on any atom is -0.493 e. The Kier molecular flexibility index (Phi) is 11.3. The van der Waals surface area contributed by atoms with E-state index in [-0.39, 0.29) is 11.4 Å². The average molecular weight is 471 g/mol. The number of allylic oxidation sites excluding steroid dienone is 5. The van der Waals surface area contributed by atoms with Gasteiger partial charge >= 0.3 is 5.97 Å². The van der Waals surface area contributed by atoms with E-state index in [0.29, 0.717) is 6.61 Å². The minimum absolute atomic E-state index is 0.170. The van der Waals surface area contributed by atoms with Gasteiger partial charge in [0.05, 0.1) is 13.2 Å². The Morgan fingerprint density at radius 2 is 1.88 bits per heavy atom. The van der Waals surface area contributed by atoms with Gasteiger partial charge in [0, 0.05) is 16.5 Å². The van der Waals surface area contributed by atoms with Crippen molar-refractivity contribution in [3.05, 3.63) is 53.1 Å². The van der Waals surface area contributed by atoms with Crippen molar-refractivity contribution in [1.29, 1.82) is 0 Å². The molecule has 1 aliphatic rings. The molecule has 0 saturated heterocycles. The lowest BCUT2D eigenvalue weighted by atomic mass is 9.80. The van der Waals surface area contributed by atoms with Gasteiger partial charge in [-0.25, -0.2) is 4.79 Å². The zero-order valence-corrected chi connectivity index (χ0v) is 22.3. The number of hydrogen-bond donors (Lipinski definition) is 0. The Morgan fingerprint density at radius 1 is 1.12 bits per heavy atom. The average Bonchev–Trinajstić information content (AvgIpc) is 2.75. The summed E-state index contributed by atoms with van der Waals surface area (Å²) in [5.41, 5.74) is 4.77. The number of unbranched alkanes of at least 4 members (excludes halogenated alkanes) is 4. The number of carbonyl (C=O) groups is 1. The quantitative estimate of drug-likeness (QED) is 0.133. The fourth-order valence-electron chi connectivity index (χ4n) is 3.93. The Hall–Kier alpha value is -1.94. The minimum atomic E-state index is -0.301. The van der Waals surface area contributed by atoms with Crippen molar-refractivity contribution < 1.29 is 14.3 Å². The van der Waals surface area contributed by atoms with Crippen LogP contribution in [0.1, 0.15) is 91.2 Å². The predicted octanol–water partition coefficient (Wildman–Crippen LogP) is 8.28. The van der Waals surface area contributed by atoms with Crippen LogP contribution in [0.4, 0.5) is 0 Å². The van der Waals surface area contributed by atoms with Crippen molar-refractivity contribution >= 4 is 23.3 Å². The molecule has 0 spiro atoms. The normalized spacial score (nSPS) is 16.1. The second-order valence-corrected chi connectivity index (χ2v) is 10.6. The lowest BCUT2D eigenvalue weighted by molar-refractivity contribution is -0.137. The predicted molar refractivity (Wildman–Crippen MR) is 142 cm³/mol. The molecule has 0 aliphatic carbocycles. The van der Waals surface area contributed by atoms with Gasteiger partial charge in [0.25, 0.3) is 0 Å². The van der Waals surface area contributed by atoms with Crippen LogP contribution in [0.25, 0.3) is 5.57 Å². The number of fused-ring (bicyclic) bond motifs is 1. The highest BCUT2D eigenvalue weighted by molar-refractivity contribution is 7.99. The zero-order valence-electron chi connectivity index (χ0n) is 21.5. The number of ether oxygens (including phenoxy) is 2. The van der Waals surface area contributed by atoms with Crippen LogP contribution in [-0.4, -0.2) is 24.9 Å². The summed E-state index contributed by atoms with van der Waals surface area (Å²) >= 11 is 1.94. The Morgan fingerprint density at radius 3 is 2.61 bits per heavy atom. The monoisotopic (exact) mass is 470 g/mol. The highest BCUT2D eigenvalue weighted by Crippen LogP contribution is 2.45. The van der Waals surface area contributed by atoms with Gasteiger partial charge in [0.15, 0.2) is 0 Å². The second-order valence-electron chi connectivity index (χ2n) is 9.44. The van der Waals surface area contributed by atoms with Gasteiger partial charge in [-0.2, -0.15) is 0 Å². The highest BCUT2D eigenvalue weighted by Gasteiger charge is 2.29. The molecular weight excluding hydrogens is 428 g/mol. The maximum atomic E-state index is 11.6. The fourth-order valence-corrected chi connectivity index (χ4v) is 5.44. The standard InChI is InChI=1S/C29H42O3S/c1-7-9-10-11-12-17-32-26-21-27-25(29(5,6)16-18-33-27)20-24(26)23(4)15-13-14-22(3)19-28(30)31-8-2/h13-15,19-21H,7-12,16-18H2,1-6H3/b14-13+,22-19+,23-15+. The van der Waals surface area contributed by atoms with Crippen LogP contribution in [-0.2, 0) is 14.9 Å². The molecule has 0 N–H and O–H groups in total. The van der Waals surface area contributed by atoms with Gasteiger partial charge in [-0.1, -0.05) is 64.7 Å². The molecule has 1 aromatic carbocycles. The Bertz CT molecular complexity index is 877. The van der Waals surface area contributed by atoms with Crippen molar-refractivity contribution in [3.8, 4) is 5.75 Å². The maximum Gasteiger partial charge on any atom is 0.330 e. The lowest BCUT2D eigenvalue weighted by Crippen LogP contribution is -2.23. The van der Waals surface area contributed by atoms with Crippen molar-refractivity contribution in [2.24, 2.45) is 0 Å². The molecule has 2 rings (SSSR count). The molecule has 4 heteroatoms. The van der Waals surface area contributed by atoms with Gasteiger partial charge in [0.1, 0.15) is 5.75 Å². The number of rotatable bonds is 12. The molecule has 0 radical (unpaired) electrons. The molecule has 0 atom stereocenters. The van der Waals surface area contributed by atoms with E-state index in [1.54, 1.807) is 0 Å². The van der Waals surface area contributed by atoms with Gasteiger partial charge in [-0.05, 0) is 73.6 Å². The zero-order chi connectivity index (χ0) is 24.3. The number of benzene rings is 1. The summed E-state index contributed by atoms with van der Waals surface area (Å²) in [6.07, 6.45) is 14.9. The molecule has 1 aromatic rings. The molecule has 0 bridgehead atoms. The molecule has 0 fully saturated rings. The summed E-state index contributed by atoms with van der Waals surface area (Å²) in [6.45, 7) is 13.9. The molecule has 1 heterocycles. The molecule has 1 aliphatic heterocycles. The molecular formula is C29H42O3S. The molecule has 182 valence electrons. The summed E-state index contributed by atoms with van der Waals surface area (Å²) < 4.78 is 11.3. The van der Waals surface area contributed by atoms with Gasteiger partial charge in [-0.3, -0.25) is 0 Å². The smallest absolute Gasteiger partial charge is 0.330 e. The fraction of sp³-hybridized carbons (Fsp3) is 0.552. The van der Waals surface area contributed by atoms with Gasteiger partial charge in [-0.15, -0.1) is 11.8 Å². The summed E-state index contributed by atoms with van der Waals surface area (Å²) in [4.78, 5) is 13.0. The first-order chi connectivity index (χ1) is 15.8. The molecule has 0 unspecified atom stereocenters. The third kappa shape index (κ3) is 8.73. The molecule has 0 saturated carbocycles. The van der Waals surface area contributed by atoms with E-state index in [1.807, 2.05) is 37.8 Å². The van der Waals surface area contributed by atoms with E-state index in [0.717, 1.165) is 41.2 Å². The summed E-state index contributed by atoms with van der Waals surface area (Å²) in [5, 5.41) is 0. The van der Waals surface area contributed by atoms with Crippen LogP contribution >= 0.6 is 11.8 Å². The Balaban J connectivity index is 2.25. The van der Waals surface area contributed by atoms with Gasteiger partial charge < -0.3 is 9.47 Å². The van der Waals surface area contributed by atoms with Crippen molar-refractivity contribution in [1.82, 2.24) is 0 Å². The van der Waals surface area contributed by atoms with Crippen LogP contribution in [0.5, 0.6) is 5.75 Å². The first-order valence-electron chi connectivity index (χ1n) is 12.4. The number of carbonyl (C=O) groups excluding carboxylic acids is 1. The third-order valence-electron chi connectivity index (χ3n) is 6.06. The highest BCUT2D eigenvalue weighted by atomic mass is 32.2. The number of hydrogen-bond acceptors (Lipinski definition) is 4. The second kappa shape index (κ2) is 13.7. The van der Waals surface area contributed by atoms with E-state index in [9.17, 15) is 4.79 Å². The van der Waals surface area contributed by atoms with Crippen molar-refractivity contribution in [2.75, 3.05) is 19.0 Å². The molecule has 3 nitrogen and oxygen atoms in total. The summed E-state index contributed by atoms with van der Waals surface area (Å²) in [5.74, 6) is 1.83.